The molecule has 17 heavy (non-hydrogen) atoms. The highest BCUT2D eigenvalue weighted by molar-refractivity contribution is 5.78. The van der Waals surface area contributed by atoms with Crippen LogP contribution in [0.2, 0.25) is 0 Å². The zero-order valence-electron chi connectivity index (χ0n) is 9.08. The number of carboxylic acids is 1. The van der Waals surface area contributed by atoms with Gasteiger partial charge in [0.1, 0.15) is 18.6 Å². The van der Waals surface area contributed by atoms with E-state index in [9.17, 15) is 22.8 Å². The van der Waals surface area contributed by atoms with Crippen LogP contribution >= 0.6 is 0 Å². The van der Waals surface area contributed by atoms with Gasteiger partial charge in [-0.05, 0) is 6.92 Å². The maximum atomic E-state index is 11.9. The summed E-state index contributed by atoms with van der Waals surface area (Å²) in [5.41, 5.74) is -0.861. The molecule has 1 aliphatic heterocycles. The number of carboxylic acid groups (broad SMARTS) is 1. The first kappa shape index (κ1) is 13.8. The molecule has 1 rings (SSSR count). The Labute approximate surface area is 95.1 Å². The van der Waals surface area contributed by atoms with E-state index in [0.29, 0.717) is 0 Å². The Hall–Kier alpha value is -1.31. The third-order valence-corrected chi connectivity index (χ3v) is 2.30. The van der Waals surface area contributed by atoms with Crippen LogP contribution in [0.4, 0.5) is 13.2 Å². The van der Waals surface area contributed by atoms with Crippen LogP contribution < -0.4 is 0 Å². The predicted octanol–water partition coefficient (Wildman–Crippen LogP) is 0.641. The van der Waals surface area contributed by atoms with Crippen molar-refractivity contribution < 1.29 is 32.6 Å². The highest BCUT2D eigenvalue weighted by Gasteiger charge is 2.45. The Morgan fingerprint density at radius 3 is 2.35 bits per heavy atom. The summed E-state index contributed by atoms with van der Waals surface area (Å²) in [6.45, 7) is 0.982. The van der Waals surface area contributed by atoms with E-state index in [2.05, 4.69) is 0 Å². The standard InChI is InChI=1S/C9H12F3NO4/c1-8(17-3-7(15)16)4-13(5-8)6(14)2-9(10,11)12/h2-5H2,1H3,(H,15,16). The van der Waals surface area contributed by atoms with Crippen LogP contribution in [-0.4, -0.2) is 53.4 Å². The van der Waals surface area contributed by atoms with E-state index in [-0.39, 0.29) is 13.1 Å². The predicted molar refractivity (Wildman–Crippen MR) is 49.2 cm³/mol. The summed E-state index contributed by atoms with van der Waals surface area (Å²) in [6.07, 6.45) is -6.02. The second-order valence-electron chi connectivity index (χ2n) is 4.17. The van der Waals surface area contributed by atoms with Gasteiger partial charge in [0, 0.05) is 0 Å². The lowest BCUT2D eigenvalue weighted by Gasteiger charge is -2.47. The van der Waals surface area contributed by atoms with Crippen molar-refractivity contribution in [2.75, 3.05) is 19.7 Å². The van der Waals surface area contributed by atoms with Gasteiger partial charge in [-0.25, -0.2) is 4.79 Å². The third kappa shape index (κ3) is 4.22. The Morgan fingerprint density at radius 1 is 1.41 bits per heavy atom. The molecule has 0 bridgehead atoms. The first-order chi connectivity index (χ1) is 7.61. The maximum absolute atomic E-state index is 11.9. The minimum absolute atomic E-state index is 0.0187. The molecule has 0 aromatic carbocycles. The number of carbonyl (C=O) groups excluding carboxylic acids is 1. The summed E-state index contributed by atoms with van der Waals surface area (Å²) in [5, 5.41) is 8.37. The van der Waals surface area contributed by atoms with Crippen molar-refractivity contribution in [1.82, 2.24) is 4.90 Å². The van der Waals surface area contributed by atoms with Crippen LogP contribution in [0.25, 0.3) is 0 Å². The van der Waals surface area contributed by atoms with Crippen LogP contribution in [0, 0.1) is 0 Å². The number of amides is 1. The first-order valence-electron chi connectivity index (χ1n) is 4.82. The molecule has 1 amide bonds. The Morgan fingerprint density at radius 2 is 1.94 bits per heavy atom. The van der Waals surface area contributed by atoms with E-state index in [1.807, 2.05) is 0 Å². The SMILES string of the molecule is CC1(OCC(=O)O)CN(C(=O)CC(F)(F)F)C1. The molecule has 0 aliphatic carbocycles. The molecule has 0 aromatic rings. The second kappa shape index (κ2) is 4.52. The van der Waals surface area contributed by atoms with E-state index >= 15 is 0 Å². The van der Waals surface area contributed by atoms with Crippen molar-refractivity contribution in [3.8, 4) is 0 Å². The number of aliphatic carboxylic acids is 1. The Bertz CT molecular complexity index is 323. The van der Waals surface area contributed by atoms with Crippen LogP contribution in [0.15, 0.2) is 0 Å². The fraction of sp³-hybridized carbons (Fsp3) is 0.778. The van der Waals surface area contributed by atoms with Crippen LogP contribution in [0.5, 0.6) is 0 Å². The molecule has 8 heteroatoms. The summed E-state index contributed by atoms with van der Waals surface area (Å²) in [7, 11) is 0. The molecule has 1 fully saturated rings. The highest BCUT2D eigenvalue weighted by atomic mass is 19.4. The fourth-order valence-corrected chi connectivity index (χ4v) is 1.55. The number of hydrogen-bond donors (Lipinski definition) is 1. The molecule has 0 saturated carbocycles. The van der Waals surface area contributed by atoms with Gasteiger partial charge in [-0.1, -0.05) is 0 Å². The highest BCUT2D eigenvalue weighted by Crippen LogP contribution is 2.28. The van der Waals surface area contributed by atoms with E-state index in [0.717, 1.165) is 4.90 Å². The van der Waals surface area contributed by atoms with E-state index in [4.69, 9.17) is 9.84 Å². The average Bonchev–Trinajstić information content (AvgIpc) is 2.07. The second-order valence-corrected chi connectivity index (χ2v) is 4.17. The number of hydrogen-bond acceptors (Lipinski definition) is 3. The van der Waals surface area contributed by atoms with Gasteiger partial charge in [0.15, 0.2) is 0 Å². The van der Waals surface area contributed by atoms with Crippen molar-refractivity contribution in [2.24, 2.45) is 0 Å². The lowest BCUT2D eigenvalue weighted by Crippen LogP contribution is -2.63. The van der Waals surface area contributed by atoms with Crippen molar-refractivity contribution in [2.45, 2.75) is 25.1 Å². The quantitative estimate of drug-likeness (QED) is 0.800. The van der Waals surface area contributed by atoms with Gasteiger partial charge in [0.2, 0.25) is 5.91 Å². The molecule has 1 heterocycles. The van der Waals surface area contributed by atoms with Gasteiger partial charge < -0.3 is 14.7 Å². The van der Waals surface area contributed by atoms with Crippen molar-refractivity contribution >= 4 is 11.9 Å². The maximum Gasteiger partial charge on any atom is 0.397 e. The summed E-state index contributed by atoms with van der Waals surface area (Å²) in [6, 6.07) is 0. The number of ether oxygens (including phenoxy) is 1. The monoisotopic (exact) mass is 255 g/mol. The minimum Gasteiger partial charge on any atom is -0.480 e. The summed E-state index contributed by atoms with van der Waals surface area (Å²) < 4.78 is 40.7. The van der Waals surface area contributed by atoms with Crippen molar-refractivity contribution in [3.05, 3.63) is 0 Å². The molecule has 0 atom stereocenters. The number of carbonyl (C=O) groups is 2. The van der Waals surface area contributed by atoms with Gasteiger partial charge in [-0.2, -0.15) is 13.2 Å². The molecule has 1 saturated heterocycles. The molecule has 0 aromatic heterocycles. The summed E-state index contributed by atoms with van der Waals surface area (Å²) in [4.78, 5) is 22.3. The van der Waals surface area contributed by atoms with E-state index < -0.39 is 36.7 Å². The lowest BCUT2D eigenvalue weighted by atomic mass is 9.96. The molecule has 0 spiro atoms. The third-order valence-electron chi connectivity index (χ3n) is 2.30. The van der Waals surface area contributed by atoms with E-state index in [1.165, 1.54) is 0 Å². The zero-order valence-corrected chi connectivity index (χ0v) is 9.08. The Kier molecular flexibility index (Phi) is 3.65. The molecule has 1 N–H and O–H groups in total. The molecule has 5 nitrogen and oxygen atoms in total. The summed E-state index contributed by atoms with van der Waals surface area (Å²) >= 11 is 0. The van der Waals surface area contributed by atoms with Crippen molar-refractivity contribution in [3.63, 3.8) is 0 Å². The smallest absolute Gasteiger partial charge is 0.397 e. The van der Waals surface area contributed by atoms with Gasteiger partial charge in [0.05, 0.1) is 13.1 Å². The van der Waals surface area contributed by atoms with Crippen LogP contribution in [-0.2, 0) is 14.3 Å². The van der Waals surface area contributed by atoms with Crippen LogP contribution in [0.3, 0.4) is 0 Å². The number of rotatable bonds is 4. The van der Waals surface area contributed by atoms with Crippen molar-refractivity contribution in [1.29, 1.82) is 0 Å². The van der Waals surface area contributed by atoms with E-state index in [1.54, 1.807) is 6.92 Å². The number of alkyl halides is 3. The van der Waals surface area contributed by atoms with Gasteiger partial charge in [-0.3, -0.25) is 4.79 Å². The number of likely N-dealkylation sites (tertiary alicyclic amines) is 1. The average molecular weight is 255 g/mol. The Balaban J connectivity index is 2.35. The fourth-order valence-electron chi connectivity index (χ4n) is 1.55. The number of nitrogens with zero attached hydrogens (tertiary/aromatic N) is 1. The normalized spacial score (nSPS) is 18.7. The summed E-state index contributed by atoms with van der Waals surface area (Å²) in [5.74, 6) is -2.18. The van der Waals surface area contributed by atoms with Gasteiger partial charge >= 0.3 is 12.1 Å². The number of halogens is 3. The van der Waals surface area contributed by atoms with Gasteiger partial charge in [0.25, 0.3) is 0 Å². The molecule has 0 radical (unpaired) electrons. The van der Waals surface area contributed by atoms with Crippen LogP contribution in [0.1, 0.15) is 13.3 Å². The topological polar surface area (TPSA) is 66.8 Å². The molecule has 98 valence electrons. The molecule has 0 unspecified atom stereocenters. The molecular weight excluding hydrogens is 243 g/mol. The minimum atomic E-state index is -4.52. The largest absolute Gasteiger partial charge is 0.480 e. The molecular formula is C9H12F3NO4. The zero-order chi connectivity index (χ0) is 13.3. The van der Waals surface area contributed by atoms with Gasteiger partial charge in [-0.15, -0.1) is 0 Å². The first-order valence-corrected chi connectivity index (χ1v) is 4.82. The molecule has 1 aliphatic rings. The lowest BCUT2D eigenvalue weighted by molar-refractivity contribution is -0.185.